The quantitative estimate of drug-likeness (QED) is 0.551. The highest BCUT2D eigenvalue weighted by atomic mass is 16.5. The molecular formula is C13H14N6O. The van der Waals surface area contributed by atoms with Crippen molar-refractivity contribution in [3.8, 4) is 11.4 Å². The first-order valence-electron chi connectivity index (χ1n) is 6.22. The summed E-state index contributed by atoms with van der Waals surface area (Å²) in [5.41, 5.74) is 4.12. The molecule has 7 nitrogen and oxygen atoms in total. The van der Waals surface area contributed by atoms with E-state index in [1.165, 1.54) is 6.33 Å². The van der Waals surface area contributed by atoms with Gasteiger partial charge in [0.05, 0.1) is 23.9 Å². The van der Waals surface area contributed by atoms with Crippen LogP contribution in [0.15, 0.2) is 36.8 Å². The highest BCUT2D eigenvalue weighted by molar-refractivity contribution is 5.86. The van der Waals surface area contributed by atoms with Gasteiger partial charge in [-0.1, -0.05) is 0 Å². The second-order valence-corrected chi connectivity index (χ2v) is 4.09. The fourth-order valence-electron chi connectivity index (χ4n) is 2.00. The van der Waals surface area contributed by atoms with Gasteiger partial charge in [0.2, 0.25) is 0 Å². The van der Waals surface area contributed by atoms with Crippen LogP contribution in [0.2, 0.25) is 0 Å². The molecule has 0 saturated heterocycles. The summed E-state index contributed by atoms with van der Waals surface area (Å²) >= 11 is 0. The fourth-order valence-corrected chi connectivity index (χ4v) is 2.00. The van der Waals surface area contributed by atoms with Gasteiger partial charge in [0.25, 0.3) is 0 Å². The van der Waals surface area contributed by atoms with Crippen LogP contribution in [-0.2, 0) is 0 Å². The number of rotatable bonds is 4. The van der Waals surface area contributed by atoms with Gasteiger partial charge in [0, 0.05) is 0 Å². The number of hydrazine groups is 1. The van der Waals surface area contributed by atoms with Gasteiger partial charge in [0.15, 0.2) is 11.5 Å². The Kier molecular flexibility index (Phi) is 3.18. The number of nitrogens with one attached hydrogen (secondary N) is 1. The van der Waals surface area contributed by atoms with Crippen molar-refractivity contribution in [3.63, 3.8) is 0 Å². The first-order valence-corrected chi connectivity index (χ1v) is 6.22. The number of nitrogens with two attached hydrogens (primary N) is 1. The zero-order chi connectivity index (χ0) is 13.9. The average molecular weight is 270 g/mol. The summed E-state index contributed by atoms with van der Waals surface area (Å²) in [6.07, 6.45) is 3.13. The van der Waals surface area contributed by atoms with Gasteiger partial charge < -0.3 is 10.2 Å². The molecule has 2 aromatic heterocycles. The van der Waals surface area contributed by atoms with E-state index >= 15 is 0 Å². The van der Waals surface area contributed by atoms with Crippen LogP contribution in [0.3, 0.4) is 0 Å². The maximum atomic E-state index is 5.42. The Morgan fingerprint density at radius 3 is 2.75 bits per heavy atom. The third-order valence-corrected chi connectivity index (χ3v) is 2.89. The van der Waals surface area contributed by atoms with Gasteiger partial charge >= 0.3 is 0 Å². The number of nitrogen functional groups attached to an aromatic ring is 1. The maximum Gasteiger partial charge on any atom is 0.168 e. The van der Waals surface area contributed by atoms with Crippen LogP contribution in [0.25, 0.3) is 16.7 Å². The Balaban J connectivity index is 2.06. The first kappa shape index (κ1) is 12.4. The minimum atomic E-state index is 0.548. The normalized spacial score (nSPS) is 10.7. The Morgan fingerprint density at radius 2 is 2.05 bits per heavy atom. The Bertz CT molecular complexity index is 721. The van der Waals surface area contributed by atoms with Crippen molar-refractivity contribution in [3.05, 3.63) is 36.8 Å². The molecule has 3 rings (SSSR count). The summed E-state index contributed by atoms with van der Waals surface area (Å²) in [5.74, 6) is 6.80. The van der Waals surface area contributed by atoms with Crippen molar-refractivity contribution in [1.82, 2.24) is 19.7 Å². The smallest absolute Gasteiger partial charge is 0.168 e. The summed E-state index contributed by atoms with van der Waals surface area (Å²) in [7, 11) is 0. The van der Waals surface area contributed by atoms with Crippen molar-refractivity contribution in [2.45, 2.75) is 6.92 Å². The summed E-state index contributed by atoms with van der Waals surface area (Å²) in [6, 6.07) is 7.65. The molecule has 0 aliphatic heterocycles. The van der Waals surface area contributed by atoms with E-state index in [0.717, 1.165) is 16.8 Å². The van der Waals surface area contributed by atoms with E-state index in [1.54, 1.807) is 10.9 Å². The summed E-state index contributed by atoms with van der Waals surface area (Å²) in [4.78, 5) is 8.30. The molecule has 0 fully saturated rings. The molecule has 0 unspecified atom stereocenters. The monoisotopic (exact) mass is 270 g/mol. The van der Waals surface area contributed by atoms with E-state index in [0.29, 0.717) is 18.1 Å². The molecule has 7 heteroatoms. The van der Waals surface area contributed by atoms with Crippen LogP contribution < -0.4 is 16.0 Å². The largest absolute Gasteiger partial charge is 0.494 e. The van der Waals surface area contributed by atoms with Crippen molar-refractivity contribution in [1.29, 1.82) is 0 Å². The van der Waals surface area contributed by atoms with Gasteiger partial charge in [-0.3, -0.25) is 0 Å². The van der Waals surface area contributed by atoms with E-state index in [1.807, 2.05) is 31.2 Å². The molecule has 2 heterocycles. The third-order valence-electron chi connectivity index (χ3n) is 2.89. The van der Waals surface area contributed by atoms with Crippen LogP contribution in [0.1, 0.15) is 6.92 Å². The second kappa shape index (κ2) is 5.14. The van der Waals surface area contributed by atoms with Crippen LogP contribution in [0, 0.1) is 0 Å². The van der Waals surface area contributed by atoms with Gasteiger partial charge in [-0.15, -0.1) is 0 Å². The second-order valence-electron chi connectivity index (χ2n) is 4.09. The van der Waals surface area contributed by atoms with Crippen molar-refractivity contribution in [2.24, 2.45) is 5.84 Å². The molecule has 3 N–H and O–H groups in total. The first-order chi connectivity index (χ1) is 9.83. The molecule has 0 amide bonds. The fraction of sp³-hybridized carbons (Fsp3) is 0.154. The Hall–Kier alpha value is -2.67. The SMILES string of the molecule is CCOc1ccc(-n2ncc3c(NN)ncnc32)cc1. The molecule has 3 aromatic rings. The zero-order valence-electron chi connectivity index (χ0n) is 10.9. The van der Waals surface area contributed by atoms with Gasteiger partial charge in [-0.25, -0.2) is 20.5 Å². The highest BCUT2D eigenvalue weighted by Crippen LogP contribution is 2.22. The summed E-state index contributed by atoms with van der Waals surface area (Å²) in [6.45, 7) is 2.59. The maximum absolute atomic E-state index is 5.42. The number of benzene rings is 1. The zero-order valence-corrected chi connectivity index (χ0v) is 10.9. The number of fused-ring (bicyclic) bond motifs is 1. The van der Waals surface area contributed by atoms with Crippen LogP contribution in [0.4, 0.5) is 5.82 Å². The van der Waals surface area contributed by atoms with Gasteiger partial charge in [-0.2, -0.15) is 5.10 Å². The van der Waals surface area contributed by atoms with Crippen molar-refractivity contribution < 1.29 is 4.74 Å². The third kappa shape index (κ3) is 2.04. The molecule has 102 valence electrons. The lowest BCUT2D eigenvalue weighted by molar-refractivity contribution is 0.340. The molecular weight excluding hydrogens is 256 g/mol. The van der Waals surface area contributed by atoms with E-state index in [4.69, 9.17) is 10.6 Å². The van der Waals surface area contributed by atoms with E-state index in [2.05, 4.69) is 20.5 Å². The number of aromatic nitrogens is 4. The predicted molar refractivity (Wildman–Crippen MR) is 75.6 cm³/mol. The average Bonchev–Trinajstić information content (AvgIpc) is 2.92. The number of nitrogens with zero attached hydrogens (tertiary/aromatic N) is 4. The standard InChI is InChI=1S/C13H14N6O/c1-2-20-10-5-3-9(4-6-10)19-13-11(7-17-19)12(18-14)15-8-16-13/h3-8H,2,14H2,1H3,(H,15,16,18). The van der Waals surface area contributed by atoms with E-state index in [-0.39, 0.29) is 0 Å². The van der Waals surface area contributed by atoms with Gasteiger partial charge in [-0.05, 0) is 31.2 Å². The van der Waals surface area contributed by atoms with Crippen molar-refractivity contribution in [2.75, 3.05) is 12.0 Å². The number of hydrogen-bond donors (Lipinski definition) is 2. The molecule has 20 heavy (non-hydrogen) atoms. The molecule has 0 aliphatic rings. The minimum Gasteiger partial charge on any atom is -0.494 e. The predicted octanol–water partition coefficient (Wildman–Crippen LogP) is 1.50. The van der Waals surface area contributed by atoms with Crippen LogP contribution in [-0.4, -0.2) is 26.4 Å². The number of hydrogen-bond acceptors (Lipinski definition) is 6. The lowest BCUT2D eigenvalue weighted by Crippen LogP contribution is -2.09. The molecule has 0 radical (unpaired) electrons. The summed E-state index contributed by atoms with van der Waals surface area (Å²) in [5, 5.41) is 5.10. The van der Waals surface area contributed by atoms with Gasteiger partial charge in [0.1, 0.15) is 12.1 Å². The molecule has 0 aliphatic carbocycles. The van der Waals surface area contributed by atoms with E-state index < -0.39 is 0 Å². The number of anilines is 1. The number of ether oxygens (including phenoxy) is 1. The molecule has 0 atom stereocenters. The highest BCUT2D eigenvalue weighted by Gasteiger charge is 2.10. The topological polar surface area (TPSA) is 90.9 Å². The lowest BCUT2D eigenvalue weighted by atomic mass is 10.3. The molecule has 0 spiro atoms. The van der Waals surface area contributed by atoms with Crippen molar-refractivity contribution >= 4 is 16.9 Å². The minimum absolute atomic E-state index is 0.548. The summed E-state index contributed by atoms with van der Waals surface area (Å²) < 4.78 is 7.15. The Labute approximate surface area is 115 Å². The molecule has 0 saturated carbocycles. The Morgan fingerprint density at radius 1 is 1.25 bits per heavy atom. The molecule has 0 bridgehead atoms. The van der Waals surface area contributed by atoms with Crippen LogP contribution in [0.5, 0.6) is 5.75 Å². The van der Waals surface area contributed by atoms with E-state index in [9.17, 15) is 0 Å². The van der Waals surface area contributed by atoms with Crippen LogP contribution >= 0.6 is 0 Å². The molecule has 1 aromatic carbocycles. The lowest BCUT2D eigenvalue weighted by Gasteiger charge is -2.06.